The molecule has 0 saturated carbocycles. The fourth-order valence-electron chi connectivity index (χ4n) is 2.28. The number of hydrogen-bond acceptors (Lipinski definition) is 3. The molecule has 1 atom stereocenters. The van der Waals surface area contributed by atoms with Gasteiger partial charge in [-0.15, -0.1) is 12.4 Å². The summed E-state index contributed by atoms with van der Waals surface area (Å²) in [6.45, 7) is 2.15. The number of hydrogen-bond donors (Lipinski definition) is 2. The summed E-state index contributed by atoms with van der Waals surface area (Å²) in [6.07, 6.45) is 5.35. The van der Waals surface area contributed by atoms with Gasteiger partial charge in [-0.1, -0.05) is 31.9 Å². The fourth-order valence-corrected chi connectivity index (χ4v) is 2.28. The molecule has 0 radical (unpaired) electrons. The van der Waals surface area contributed by atoms with E-state index in [2.05, 4.69) is 16.5 Å². The first-order chi connectivity index (χ1) is 8.72. The van der Waals surface area contributed by atoms with Crippen LogP contribution in [0.3, 0.4) is 0 Å². The quantitative estimate of drug-likeness (QED) is 0.857. The Kier molecular flexibility index (Phi) is 7.87. The maximum Gasteiger partial charge on any atom is 0.219 e. The van der Waals surface area contributed by atoms with Crippen molar-refractivity contribution in [2.45, 2.75) is 38.6 Å². The number of amides is 1. The third-order valence-electron chi connectivity index (χ3n) is 3.20. The molecule has 2 aromatic rings. The number of imidazole rings is 1. The van der Waals surface area contributed by atoms with Gasteiger partial charge < -0.3 is 16.5 Å². The largest absolute Gasteiger partial charge is 0.370 e. The lowest BCUT2D eigenvalue weighted by Crippen LogP contribution is -2.19. The van der Waals surface area contributed by atoms with E-state index in [0.29, 0.717) is 6.42 Å². The van der Waals surface area contributed by atoms with Crippen LogP contribution in [0, 0.1) is 0 Å². The average Bonchev–Trinajstić information content (AvgIpc) is 2.78. The second-order valence-corrected chi connectivity index (χ2v) is 4.61. The molecule has 0 spiro atoms. The summed E-state index contributed by atoms with van der Waals surface area (Å²) in [5.41, 5.74) is 7.37. The van der Waals surface area contributed by atoms with E-state index in [0.717, 1.165) is 30.3 Å². The summed E-state index contributed by atoms with van der Waals surface area (Å²) in [5.74, 6) is -0.256. The molecule has 1 aromatic carbocycles. The molecule has 6 heteroatoms. The first kappa shape index (κ1) is 18.4. The molecule has 5 nitrogen and oxygen atoms in total. The number of benzene rings is 1. The second-order valence-electron chi connectivity index (χ2n) is 4.61. The molecule has 0 bridgehead atoms. The number of unbranched alkanes of at least 4 members (excludes halogenated alkanes) is 1. The summed E-state index contributed by atoms with van der Waals surface area (Å²) in [4.78, 5) is 15.6. The molecule has 112 valence electrons. The van der Waals surface area contributed by atoms with Crippen molar-refractivity contribution in [1.82, 2.24) is 15.7 Å². The standard InChI is InChI=1S/C14H19N3O.ClH.H3N/c1-2-3-6-11(9-14(15)18)17-10-16-12-7-4-5-8-13(12)17;;/h4-5,7-8,10-11H,2-3,6,9H2,1H3,(H2,15,18);1H;1H3. The molecule has 1 aromatic heterocycles. The van der Waals surface area contributed by atoms with Gasteiger partial charge in [0.15, 0.2) is 0 Å². The average molecular weight is 299 g/mol. The van der Waals surface area contributed by atoms with E-state index >= 15 is 0 Å². The van der Waals surface area contributed by atoms with Crippen LogP contribution in [0.5, 0.6) is 0 Å². The monoisotopic (exact) mass is 298 g/mol. The number of halogens is 1. The summed E-state index contributed by atoms with van der Waals surface area (Å²) >= 11 is 0. The number of primary amides is 1. The van der Waals surface area contributed by atoms with Gasteiger partial charge >= 0.3 is 0 Å². The molecule has 0 fully saturated rings. The van der Waals surface area contributed by atoms with Crippen molar-refractivity contribution in [2.24, 2.45) is 5.73 Å². The minimum atomic E-state index is -0.256. The fraction of sp³-hybridized carbons (Fsp3) is 0.429. The third kappa shape index (κ3) is 4.21. The number of nitrogens with two attached hydrogens (primary N) is 1. The molecule has 5 N–H and O–H groups in total. The Morgan fingerprint density at radius 3 is 2.75 bits per heavy atom. The smallest absolute Gasteiger partial charge is 0.219 e. The molecule has 0 aliphatic rings. The van der Waals surface area contributed by atoms with E-state index in [9.17, 15) is 4.79 Å². The minimum absolute atomic E-state index is 0. The Balaban J connectivity index is 0.00000180. The molecule has 0 saturated heterocycles. The molecule has 1 unspecified atom stereocenters. The summed E-state index contributed by atoms with van der Waals surface area (Å²) in [5, 5.41) is 0. The third-order valence-corrected chi connectivity index (χ3v) is 3.20. The predicted molar refractivity (Wildman–Crippen MR) is 84.4 cm³/mol. The number of aromatic nitrogens is 2. The highest BCUT2D eigenvalue weighted by atomic mass is 35.5. The number of nitrogens with zero attached hydrogens (tertiary/aromatic N) is 2. The Bertz CT molecular complexity index is 541. The number of rotatable bonds is 6. The highest BCUT2D eigenvalue weighted by molar-refractivity contribution is 5.85. The first-order valence-corrected chi connectivity index (χ1v) is 6.42. The van der Waals surface area contributed by atoms with E-state index in [1.165, 1.54) is 0 Å². The van der Waals surface area contributed by atoms with Gasteiger partial charge in [0, 0.05) is 12.5 Å². The lowest BCUT2D eigenvalue weighted by molar-refractivity contribution is -0.118. The van der Waals surface area contributed by atoms with Crippen LogP contribution in [0.1, 0.15) is 38.6 Å². The normalized spacial score (nSPS) is 11.4. The molecule has 1 amide bonds. The SMILES string of the molecule is CCCCC(CC(N)=O)n1cnc2ccccc21.Cl.N. The number of fused-ring (bicyclic) bond motifs is 1. The van der Waals surface area contributed by atoms with E-state index in [1.807, 2.05) is 30.6 Å². The Hall–Kier alpha value is -1.59. The number of para-hydroxylation sites is 2. The number of carbonyl (C=O) groups is 1. The van der Waals surface area contributed by atoms with Crippen molar-refractivity contribution >= 4 is 29.3 Å². The van der Waals surface area contributed by atoms with Crippen LogP contribution in [0.15, 0.2) is 30.6 Å². The van der Waals surface area contributed by atoms with Crippen LogP contribution < -0.4 is 11.9 Å². The molecule has 2 rings (SSSR count). The Morgan fingerprint density at radius 1 is 1.40 bits per heavy atom. The van der Waals surface area contributed by atoms with Gasteiger partial charge in [0.2, 0.25) is 5.91 Å². The van der Waals surface area contributed by atoms with Gasteiger partial charge in [-0.3, -0.25) is 4.79 Å². The molecular formula is C14H23ClN4O. The molecule has 1 heterocycles. The summed E-state index contributed by atoms with van der Waals surface area (Å²) < 4.78 is 2.08. The lowest BCUT2D eigenvalue weighted by atomic mass is 10.1. The van der Waals surface area contributed by atoms with Crippen LogP contribution >= 0.6 is 12.4 Å². The molecule has 0 aliphatic heterocycles. The van der Waals surface area contributed by atoms with E-state index in [-0.39, 0.29) is 30.5 Å². The van der Waals surface area contributed by atoms with Crippen LogP contribution in [0.25, 0.3) is 11.0 Å². The van der Waals surface area contributed by atoms with Gasteiger partial charge in [-0.05, 0) is 18.6 Å². The molecule has 20 heavy (non-hydrogen) atoms. The summed E-state index contributed by atoms with van der Waals surface area (Å²) in [6, 6.07) is 8.08. The predicted octanol–water partition coefficient (Wildman–Crippen LogP) is 3.23. The summed E-state index contributed by atoms with van der Waals surface area (Å²) in [7, 11) is 0. The van der Waals surface area contributed by atoms with Crippen LogP contribution in [0.2, 0.25) is 0 Å². The van der Waals surface area contributed by atoms with Crippen molar-refractivity contribution in [1.29, 1.82) is 0 Å². The highest BCUT2D eigenvalue weighted by Crippen LogP contribution is 2.24. The Morgan fingerprint density at radius 2 is 2.10 bits per heavy atom. The van der Waals surface area contributed by atoms with Gasteiger partial charge in [0.1, 0.15) is 0 Å². The van der Waals surface area contributed by atoms with E-state index in [4.69, 9.17) is 5.73 Å². The highest BCUT2D eigenvalue weighted by Gasteiger charge is 2.15. The van der Waals surface area contributed by atoms with Crippen LogP contribution in [0.4, 0.5) is 0 Å². The van der Waals surface area contributed by atoms with Crippen LogP contribution in [-0.4, -0.2) is 15.5 Å². The zero-order valence-electron chi connectivity index (χ0n) is 11.8. The second kappa shape index (κ2) is 8.55. The van der Waals surface area contributed by atoms with Crippen molar-refractivity contribution in [3.8, 4) is 0 Å². The van der Waals surface area contributed by atoms with Crippen LogP contribution in [-0.2, 0) is 4.79 Å². The van der Waals surface area contributed by atoms with E-state index in [1.54, 1.807) is 0 Å². The van der Waals surface area contributed by atoms with Gasteiger partial charge in [-0.2, -0.15) is 0 Å². The number of carbonyl (C=O) groups excluding carboxylic acids is 1. The van der Waals surface area contributed by atoms with Crippen molar-refractivity contribution in [2.75, 3.05) is 0 Å². The van der Waals surface area contributed by atoms with E-state index < -0.39 is 0 Å². The topological polar surface area (TPSA) is 95.9 Å². The molecule has 0 aliphatic carbocycles. The first-order valence-electron chi connectivity index (χ1n) is 6.42. The lowest BCUT2D eigenvalue weighted by Gasteiger charge is -2.17. The zero-order valence-corrected chi connectivity index (χ0v) is 12.6. The van der Waals surface area contributed by atoms with Crippen molar-refractivity contribution in [3.63, 3.8) is 0 Å². The maximum atomic E-state index is 11.2. The Labute approximate surface area is 125 Å². The van der Waals surface area contributed by atoms with Crippen molar-refractivity contribution in [3.05, 3.63) is 30.6 Å². The van der Waals surface area contributed by atoms with Crippen molar-refractivity contribution < 1.29 is 4.79 Å². The zero-order chi connectivity index (χ0) is 13.0. The van der Waals surface area contributed by atoms with Gasteiger partial charge in [0.05, 0.1) is 17.4 Å². The maximum absolute atomic E-state index is 11.2. The van der Waals surface area contributed by atoms with Gasteiger partial charge in [-0.25, -0.2) is 4.98 Å². The molecular weight excluding hydrogens is 276 g/mol. The minimum Gasteiger partial charge on any atom is -0.370 e. The van der Waals surface area contributed by atoms with Gasteiger partial charge in [0.25, 0.3) is 0 Å².